The number of hydrogen-bond acceptors (Lipinski definition) is 14. The number of nitrogen functional groups attached to an aromatic ring is 1. The molecule has 0 aliphatic carbocycles. The Morgan fingerprint density at radius 1 is 1.10 bits per heavy atom. The molecule has 1 amide bonds. The summed E-state index contributed by atoms with van der Waals surface area (Å²) in [6.45, 7) is 16.4. The number of carbonyl (C=O) groups is 3. The summed E-state index contributed by atoms with van der Waals surface area (Å²) < 4.78 is 33.1. The highest BCUT2D eigenvalue weighted by Crippen LogP contribution is 2.40. The molecule has 2 aromatic rings. The van der Waals surface area contributed by atoms with E-state index >= 15 is 0 Å². The third kappa shape index (κ3) is 9.85. The van der Waals surface area contributed by atoms with Crippen molar-refractivity contribution in [3.8, 4) is 11.3 Å². The molecule has 16 nitrogen and oxygen atoms in total. The van der Waals surface area contributed by atoms with Gasteiger partial charge in [-0.1, -0.05) is 38.1 Å². The molecule has 0 saturated carbocycles. The molecule has 5 N–H and O–H groups in total. The number of ketones is 1. The van der Waals surface area contributed by atoms with Crippen LogP contribution in [0.4, 0.5) is 10.5 Å². The van der Waals surface area contributed by atoms with Crippen LogP contribution in [0.25, 0.3) is 11.3 Å². The molecule has 0 radical (unpaired) electrons. The fourth-order valence-electron chi connectivity index (χ4n) is 9.25. The monoisotopic (exact) mass is 814 g/mol. The van der Waals surface area contributed by atoms with Gasteiger partial charge in [0.1, 0.15) is 23.8 Å². The van der Waals surface area contributed by atoms with Crippen molar-refractivity contribution in [2.24, 2.45) is 17.8 Å². The Morgan fingerprint density at radius 3 is 2.50 bits per heavy atom. The second-order valence-electron chi connectivity index (χ2n) is 17.2. The number of nitrogens with one attached hydrogen (secondary N) is 2. The first kappa shape index (κ1) is 45.4. The van der Waals surface area contributed by atoms with Gasteiger partial charge in [0, 0.05) is 49.5 Å². The number of ether oxygens (including phenoxy) is 5. The molecule has 0 bridgehead atoms. The van der Waals surface area contributed by atoms with Crippen molar-refractivity contribution in [2.75, 3.05) is 33.0 Å². The Labute approximate surface area is 343 Å². The normalized spacial score (nSPS) is 36.8. The van der Waals surface area contributed by atoms with Crippen molar-refractivity contribution in [3.05, 3.63) is 30.5 Å². The number of rotatable bonds is 11. The van der Waals surface area contributed by atoms with E-state index in [0.29, 0.717) is 57.4 Å². The first-order valence-electron chi connectivity index (χ1n) is 20.9. The highest BCUT2D eigenvalue weighted by atomic mass is 16.7. The van der Waals surface area contributed by atoms with Gasteiger partial charge in [-0.05, 0) is 98.4 Å². The second-order valence-corrected chi connectivity index (χ2v) is 17.2. The molecule has 5 rings (SSSR count). The van der Waals surface area contributed by atoms with Crippen LogP contribution in [0.15, 0.2) is 30.5 Å². The van der Waals surface area contributed by atoms with E-state index < -0.39 is 71.5 Å². The lowest BCUT2D eigenvalue weighted by molar-refractivity contribution is -0.290. The van der Waals surface area contributed by atoms with Crippen LogP contribution in [0, 0.1) is 17.8 Å². The van der Waals surface area contributed by atoms with Crippen molar-refractivity contribution in [2.45, 2.75) is 154 Å². The van der Waals surface area contributed by atoms with E-state index in [2.05, 4.69) is 27.9 Å². The third-order valence-electron chi connectivity index (χ3n) is 12.6. The maximum atomic E-state index is 14.3. The number of amides is 1. The highest BCUT2D eigenvalue weighted by Gasteiger charge is 2.58. The maximum Gasteiger partial charge on any atom is 0.410 e. The Kier molecular flexibility index (Phi) is 15.0. The summed E-state index contributed by atoms with van der Waals surface area (Å²) in [5.74, 6) is -3.17. The highest BCUT2D eigenvalue weighted by molar-refractivity contribution is 6.00. The van der Waals surface area contributed by atoms with Crippen LogP contribution >= 0.6 is 0 Å². The number of likely N-dealkylation sites (N-methyl/N-ethyl adjacent to an activating group) is 1. The second kappa shape index (κ2) is 19.1. The number of benzene rings is 1. The molecule has 4 heterocycles. The fraction of sp³-hybridized carbons (Fsp3) is 0.738. The van der Waals surface area contributed by atoms with Crippen molar-refractivity contribution < 1.29 is 43.2 Å². The zero-order chi connectivity index (χ0) is 42.5. The predicted molar refractivity (Wildman–Crippen MR) is 217 cm³/mol. The van der Waals surface area contributed by atoms with Crippen molar-refractivity contribution in [1.29, 1.82) is 0 Å². The maximum absolute atomic E-state index is 14.3. The summed E-state index contributed by atoms with van der Waals surface area (Å²) in [7, 11) is 3.36. The Bertz CT molecular complexity index is 1710. The van der Waals surface area contributed by atoms with Gasteiger partial charge in [0.05, 0.1) is 30.0 Å². The van der Waals surface area contributed by atoms with Crippen molar-refractivity contribution in [3.63, 3.8) is 0 Å². The summed E-state index contributed by atoms with van der Waals surface area (Å²) in [6, 6.07) is 6.40. The minimum atomic E-state index is -1.23. The smallest absolute Gasteiger partial charge is 0.410 e. The van der Waals surface area contributed by atoms with E-state index in [1.807, 2.05) is 65.1 Å². The molecule has 1 aromatic carbocycles. The Balaban J connectivity index is 1.37. The van der Waals surface area contributed by atoms with Gasteiger partial charge in [-0.3, -0.25) is 19.2 Å². The SMILES string of the molecule is CC[C@H]1OC(=O)[C@H](C)C(=O)[C@H](C)[C@@H](O[C@@H]2O[C@H](C)CC(NC)C2O)[C@](C)(OC)C[C@@H](C)CN[C@H](C)[C@H]2N(CCCCn3cc(-c4cccc(N)c4)nn3)C(=O)O[C@]12C. The molecular weight excluding hydrogens is 747 g/mol. The predicted octanol–water partition coefficient (Wildman–Crippen LogP) is 3.94. The first-order valence-corrected chi connectivity index (χ1v) is 20.9. The minimum absolute atomic E-state index is 0.0120. The summed E-state index contributed by atoms with van der Waals surface area (Å²) in [6.07, 6.45) is 0.142. The number of Topliss-reactive ketones (excluding diaryl/α,β-unsaturated/α-hetero) is 1. The van der Waals surface area contributed by atoms with Gasteiger partial charge in [-0.25, -0.2) is 4.79 Å². The van der Waals surface area contributed by atoms with E-state index in [-0.39, 0.29) is 24.1 Å². The number of methoxy groups -OCH3 is 1. The fourth-order valence-corrected chi connectivity index (χ4v) is 9.25. The molecule has 3 aliphatic heterocycles. The molecule has 1 aromatic heterocycles. The van der Waals surface area contributed by atoms with Gasteiger partial charge in [0.25, 0.3) is 0 Å². The van der Waals surface area contributed by atoms with Crippen molar-refractivity contribution in [1.82, 2.24) is 30.5 Å². The van der Waals surface area contributed by atoms with Crippen LogP contribution in [0.5, 0.6) is 0 Å². The van der Waals surface area contributed by atoms with Crippen LogP contribution in [0.1, 0.15) is 87.5 Å². The number of unbranched alkanes of at least 4 members (excludes halogenated alkanes) is 1. The van der Waals surface area contributed by atoms with Crippen molar-refractivity contribution >= 4 is 23.5 Å². The molecule has 0 spiro atoms. The summed E-state index contributed by atoms with van der Waals surface area (Å²) >= 11 is 0. The number of aliphatic hydroxyl groups excluding tert-OH is 1. The summed E-state index contributed by atoms with van der Waals surface area (Å²) in [4.78, 5) is 43.8. The van der Waals surface area contributed by atoms with Crippen LogP contribution in [-0.2, 0) is 39.8 Å². The number of aromatic nitrogens is 3. The molecular formula is C42H67N7O9. The lowest BCUT2D eigenvalue weighted by Crippen LogP contribution is -2.61. The van der Waals surface area contributed by atoms with Gasteiger partial charge in [-0.15, -0.1) is 5.10 Å². The molecule has 13 atom stereocenters. The Morgan fingerprint density at radius 2 is 1.83 bits per heavy atom. The molecule has 2 unspecified atom stereocenters. The molecule has 16 heteroatoms. The van der Waals surface area contributed by atoms with Gasteiger partial charge >= 0.3 is 12.1 Å². The largest absolute Gasteiger partial charge is 0.458 e. The lowest BCUT2D eigenvalue weighted by Gasteiger charge is -2.45. The third-order valence-corrected chi connectivity index (χ3v) is 12.6. The number of anilines is 1. The average Bonchev–Trinajstić information content (AvgIpc) is 3.77. The standard InChI is InChI=1S/C42H67N7O9/c1-11-33-42(8)36(49(40(53)58-42)18-13-12-17-48-23-32(46-47-48)29-15-14-16-30(43)20-29)28(6)45-22-24(2)21-41(7,54-10)37(26(4)34(50)27(5)38(52)56-33)57-39-35(51)31(44-9)19-25(3)55-39/h14-16,20,23-28,31,33,35-37,39,44-45,51H,11-13,17-19,21-22,43H2,1-10H3/t24-,25-,26+,27-,28-,31?,33-,35?,36-,37-,39+,41-,42-/m1/s1. The first-order chi connectivity index (χ1) is 27.5. The van der Waals surface area contributed by atoms with E-state index in [1.54, 1.807) is 30.7 Å². The molecule has 3 saturated heterocycles. The number of aliphatic hydroxyl groups is 1. The number of hydrogen-bond donors (Lipinski definition) is 4. The van der Waals surface area contributed by atoms with Crippen LogP contribution in [0.2, 0.25) is 0 Å². The van der Waals surface area contributed by atoms with Gasteiger partial charge in [0.2, 0.25) is 0 Å². The van der Waals surface area contributed by atoms with E-state index in [9.17, 15) is 19.5 Å². The number of cyclic esters (lactones) is 1. The topological polar surface area (TPSA) is 202 Å². The number of nitrogens with two attached hydrogens (primary N) is 1. The molecule has 3 aliphatic rings. The van der Waals surface area contributed by atoms with Gasteiger partial charge in [-0.2, -0.15) is 0 Å². The minimum Gasteiger partial charge on any atom is -0.458 e. The molecule has 58 heavy (non-hydrogen) atoms. The van der Waals surface area contributed by atoms with Crippen LogP contribution < -0.4 is 16.4 Å². The molecule has 324 valence electrons. The summed E-state index contributed by atoms with van der Waals surface area (Å²) in [5.41, 5.74) is 5.95. The lowest BCUT2D eigenvalue weighted by atomic mass is 9.78. The average molecular weight is 814 g/mol. The van der Waals surface area contributed by atoms with Crippen LogP contribution in [-0.4, -0.2) is 130 Å². The zero-order valence-electron chi connectivity index (χ0n) is 36.0. The van der Waals surface area contributed by atoms with Gasteiger partial charge in [0.15, 0.2) is 17.7 Å². The van der Waals surface area contributed by atoms with Crippen LogP contribution in [0.3, 0.4) is 0 Å². The Hall–Kier alpha value is -3.67. The number of aryl methyl sites for hydroxylation is 1. The van der Waals surface area contributed by atoms with E-state index in [1.165, 1.54) is 6.92 Å². The zero-order valence-corrected chi connectivity index (χ0v) is 36.0. The number of esters is 1. The molecule has 3 fully saturated rings. The quantitative estimate of drug-likeness (QED) is 0.110. The van der Waals surface area contributed by atoms with Gasteiger partial charge < -0.3 is 45.2 Å². The van der Waals surface area contributed by atoms with E-state index in [4.69, 9.17) is 29.4 Å². The van der Waals surface area contributed by atoms with E-state index in [0.717, 1.165) is 11.3 Å². The number of carbonyl (C=O) groups excluding carboxylic acids is 3. The summed E-state index contributed by atoms with van der Waals surface area (Å²) in [5, 5.41) is 26.7. The number of fused-ring (bicyclic) bond motifs is 1. The number of nitrogens with zero attached hydrogens (tertiary/aromatic N) is 4.